The minimum atomic E-state index is -0.295. The van der Waals surface area contributed by atoms with Crippen molar-refractivity contribution in [3.8, 4) is 10.4 Å². The van der Waals surface area contributed by atoms with Crippen LogP contribution >= 0.6 is 11.3 Å². The van der Waals surface area contributed by atoms with E-state index in [1.54, 1.807) is 11.3 Å². The maximum atomic E-state index is 12.3. The Kier molecular flexibility index (Phi) is 4.89. The molecule has 4 aromatic rings. The molecule has 1 heterocycles. The molecule has 0 N–H and O–H groups in total. The van der Waals surface area contributed by atoms with Crippen LogP contribution in [-0.2, 0) is 4.74 Å². The molecule has 0 saturated heterocycles. The van der Waals surface area contributed by atoms with E-state index in [2.05, 4.69) is 48.5 Å². The number of carbonyl (C=O) groups is 1. The first kappa shape index (κ1) is 17.0. The molecule has 0 saturated carbocycles. The summed E-state index contributed by atoms with van der Waals surface area (Å²) >= 11 is 1.90. The average Bonchev–Trinajstić information content (AvgIpc) is 3.06. The Balaban J connectivity index is 1.94. The summed E-state index contributed by atoms with van der Waals surface area (Å²) in [7, 11) is 1.43. The summed E-state index contributed by atoms with van der Waals surface area (Å²) in [5.74, 6) is -0.295. The molecule has 0 unspecified atom stereocenters. The summed E-state index contributed by atoms with van der Waals surface area (Å²) in [4.78, 5) is 13.4. The Hall–Kier alpha value is -2.39. The predicted molar refractivity (Wildman–Crippen MR) is 110 cm³/mol. The molecule has 0 aliphatic rings. The summed E-state index contributed by atoms with van der Waals surface area (Å²) in [6.45, 7) is 0. The van der Waals surface area contributed by atoms with E-state index in [1.165, 1.54) is 26.1 Å². The van der Waals surface area contributed by atoms with E-state index >= 15 is 0 Å². The number of rotatable bonds is 4. The fourth-order valence-corrected chi connectivity index (χ4v) is 6.78. The van der Waals surface area contributed by atoms with E-state index < -0.39 is 0 Å². The van der Waals surface area contributed by atoms with Crippen molar-refractivity contribution in [2.45, 2.75) is 0 Å². The van der Waals surface area contributed by atoms with Crippen LogP contribution in [0, 0.1) is 0 Å². The van der Waals surface area contributed by atoms with Gasteiger partial charge in [-0.2, -0.15) is 0 Å². The van der Waals surface area contributed by atoms with Gasteiger partial charge in [0, 0.05) is 0 Å². The Bertz CT molecular complexity index is 1070. The number of thiophene rings is 1. The van der Waals surface area contributed by atoms with Gasteiger partial charge in [0.25, 0.3) is 0 Å². The normalized spacial score (nSPS) is 10.8. The zero-order valence-electron chi connectivity index (χ0n) is 14.1. The van der Waals surface area contributed by atoms with Crippen molar-refractivity contribution in [2.75, 3.05) is 7.11 Å². The zero-order valence-corrected chi connectivity index (χ0v) is 16.7. The van der Waals surface area contributed by atoms with Crippen LogP contribution in [0.25, 0.3) is 20.5 Å². The van der Waals surface area contributed by atoms with Crippen molar-refractivity contribution in [1.29, 1.82) is 0 Å². The molecular formula is C22H16O2SSe. The van der Waals surface area contributed by atoms with Crippen molar-refractivity contribution in [1.82, 2.24) is 0 Å². The second kappa shape index (κ2) is 7.46. The molecule has 0 bridgehead atoms. The molecule has 128 valence electrons. The number of fused-ring (bicyclic) bond motifs is 1. The Morgan fingerprint density at radius 2 is 1.58 bits per heavy atom. The maximum absolute atomic E-state index is 12.3. The topological polar surface area (TPSA) is 26.3 Å². The third kappa shape index (κ3) is 3.19. The van der Waals surface area contributed by atoms with Crippen molar-refractivity contribution in [3.05, 3.63) is 84.4 Å². The fraction of sp³-hybridized carbons (Fsp3) is 0.0455. The molecule has 0 amide bonds. The number of ether oxygens (including phenoxy) is 1. The van der Waals surface area contributed by atoms with Crippen LogP contribution in [0.15, 0.2) is 78.9 Å². The van der Waals surface area contributed by atoms with E-state index in [-0.39, 0.29) is 20.9 Å². The molecule has 26 heavy (non-hydrogen) atoms. The van der Waals surface area contributed by atoms with Crippen molar-refractivity contribution >= 4 is 51.3 Å². The second-order valence-corrected chi connectivity index (χ2v) is 9.03. The fourth-order valence-electron chi connectivity index (χ4n) is 2.88. The van der Waals surface area contributed by atoms with Crippen molar-refractivity contribution in [3.63, 3.8) is 0 Å². The summed E-state index contributed by atoms with van der Waals surface area (Å²) in [6.07, 6.45) is 0. The number of methoxy groups -OCH3 is 1. The van der Waals surface area contributed by atoms with Crippen LogP contribution in [-0.4, -0.2) is 28.0 Å². The Morgan fingerprint density at radius 1 is 0.885 bits per heavy atom. The van der Waals surface area contributed by atoms with E-state index in [9.17, 15) is 4.79 Å². The molecule has 4 heteroatoms. The first-order valence-electron chi connectivity index (χ1n) is 8.20. The first-order chi connectivity index (χ1) is 12.8. The van der Waals surface area contributed by atoms with Gasteiger partial charge >= 0.3 is 163 Å². The van der Waals surface area contributed by atoms with Gasteiger partial charge < -0.3 is 0 Å². The number of hydrogen-bond donors (Lipinski definition) is 0. The molecule has 1 aromatic heterocycles. The van der Waals surface area contributed by atoms with Crippen LogP contribution in [0.2, 0.25) is 0 Å². The van der Waals surface area contributed by atoms with E-state index in [0.717, 1.165) is 10.4 Å². The van der Waals surface area contributed by atoms with Gasteiger partial charge in [0.15, 0.2) is 0 Å². The van der Waals surface area contributed by atoms with Gasteiger partial charge in [-0.1, -0.05) is 0 Å². The molecule has 0 aliphatic carbocycles. The molecule has 0 fully saturated rings. The van der Waals surface area contributed by atoms with Gasteiger partial charge in [0.2, 0.25) is 0 Å². The monoisotopic (exact) mass is 424 g/mol. The number of esters is 1. The molecular weight excluding hydrogens is 407 g/mol. The summed E-state index contributed by atoms with van der Waals surface area (Å²) in [5.41, 5.74) is 1.57. The van der Waals surface area contributed by atoms with E-state index in [1.807, 2.05) is 30.3 Å². The van der Waals surface area contributed by atoms with Crippen LogP contribution < -0.4 is 8.92 Å². The van der Waals surface area contributed by atoms with Crippen LogP contribution in [0.1, 0.15) is 10.4 Å². The minimum absolute atomic E-state index is 0.152. The molecule has 0 radical (unpaired) electrons. The number of carbonyl (C=O) groups excluding carboxylic acids is 1. The van der Waals surface area contributed by atoms with Gasteiger partial charge in [-0.05, 0) is 0 Å². The Labute approximate surface area is 162 Å². The zero-order chi connectivity index (χ0) is 17.9. The molecule has 2 nitrogen and oxygen atoms in total. The molecule has 0 aliphatic heterocycles. The SMILES string of the molecule is COC(=O)c1ccccc1-c1sc2ccccc2c1[Se]c1ccccc1. The third-order valence-corrected chi connectivity index (χ3v) is 7.97. The van der Waals surface area contributed by atoms with Gasteiger partial charge in [-0.15, -0.1) is 0 Å². The molecule has 4 rings (SSSR count). The van der Waals surface area contributed by atoms with Gasteiger partial charge in [0.05, 0.1) is 0 Å². The summed E-state index contributed by atoms with van der Waals surface area (Å²) < 4.78 is 8.89. The number of benzene rings is 3. The molecule has 3 aromatic carbocycles. The summed E-state index contributed by atoms with van der Waals surface area (Å²) in [6, 6.07) is 26.7. The third-order valence-electron chi connectivity index (χ3n) is 4.09. The molecule has 0 spiro atoms. The average molecular weight is 423 g/mol. The number of hydrogen-bond acceptors (Lipinski definition) is 3. The van der Waals surface area contributed by atoms with Crippen molar-refractivity contribution in [2.24, 2.45) is 0 Å². The van der Waals surface area contributed by atoms with Crippen LogP contribution in [0.5, 0.6) is 0 Å². The van der Waals surface area contributed by atoms with E-state index in [4.69, 9.17) is 4.74 Å². The van der Waals surface area contributed by atoms with Gasteiger partial charge in [0.1, 0.15) is 0 Å². The molecule has 0 atom stereocenters. The summed E-state index contributed by atoms with van der Waals surface area (Å²) in [5, 5.41) is 1.27. The standard InChI is InChI=1S/C22H16O2SSe/c1-24-22(23)17-12-6-5-11-16(17)20-21(26-15-9-3-2-4-10-15)18-13-7-8-14-19(18)25-20/h2-14H,1H3. The van der Waals surface area contributed by atoms with Crippen molar-refractivity contribution < 1.29 is 9.53 Å². The van der Waals surface area contributed by atoms with Gasteiger partial charge in [-0.3, -0.25) is 0 Å². The van der Waals surface area contributed by atoms with E-state index in [0.29, 0.717) is 5.56 Å². The quantitative estimate of drug-likeness (QED) is 0.366. The predicted octanol–water partition coefficient (Wildman–Crippen LogP) is 4.01. The first-order valence-corrected chi connectivity index (χ1v) is 10.7. The van der Waals surface area contributed by atoms with Gasteiger partial charge in [-0.25, -0.2) is 0 Å². The van der Waals surface area contributed by atoms with Crippen LogP contribution in [0.4, 0.5) is 0 Å². The second-order valence-electron chi connectivity index (χ2n) is 5.71. The Morgan fingerprint density at radius 3 is 2.38 bits per heavy atom. The van der Waals surface area contributed by atoms with Crippen LogP contribution in [0.3, 0.4) is 0 Å².